The molecule has 0 aliphatic rings. The number of carbonyl (C=O) groups excluding carboxylic acids is 1. The first-order valence-electron chi connectivity index (χ1n) is 4.56. The Bertz CT molecular complexity index is 447. The summed E-state index contributed by atoms with van der Waals surface area (Å²) in [6, 6.07) is 5.66. The Balaban J connectivity index is 1.96. The van der Waals surface area contributed by atoms with Gasteiger partial charge in [-0.15, -0.1) is 11.3 Å². The normalized spacial score (nSPS) is 10.2. The first-order chi connectivity index (χ1) is 7.25. The average Bonchev–Trinajstić information content (AvgIpc) is 2.79. The fourth-order valence-electron chi connectivity index (χ4n) is 1.26. The van der Waals surface area contributed by atoms with Crippen molar-refractivity contribution in [3.8, 4) is 0 Å². The maximum atomic E-state index is 11.6. The lowest BCUT2D eigenvalue weighted by Crippen LogP contribution is -2.16. The van der Waals surface area contributed by atoms with E-state index in [4.69, 9.17) is 0 Å². The number of nitrogens with one attached hydrogen (secondary N) is 1. The number of hydrogen-bond acceptors (Lipinski definition) is 3. The zero-order valence-electron chi connectivity index (χ0n) is 8.30. The van der Waals surface area contributed by atoms with Crippen LogP contribution in [0.2, 0.25) is 0 Å². The fourth-order valence-corrected chi connectivity index (χ4v) is 1.96. The highest BCUT2D eigenvalue weighted by atomic mass is 32.1. The molecule has 0 aromatic carbocycles. The van der Waals surface area contributed by atoms with Crippen molar-refractivity contribution >= 4 is 23.1 Å². The van der Waals surface area contributed by atoms with Crippen LogP contribution in [0, 0.1) is 0 Å². The summed E-state index contributed by atoms with van der Waals surface area (Å²) < 4.78 is 1.63. The van der Waals surface area contributed by atoms with Crippen molar-refractivity contribution in [3.05, 3.63) is 34.7 Å². The molecule has 0 atom stereocenters. The smallest absolute Gasteiger partial charge is 0.230 e. The molecule has 2 aromatic heterocycles. The van der Waals surface area contributed by atoms with E-state index < -0.39 is 0 Å². The van der Waals surface area contributed by atoms with Crippen LogP contribution in [0.5, 0.6) is 0 Å². The third-order valence-corrected chi connectivity index (χ3v) is 2.88. The number of rotatable bonds is 3. The van der Waals surface area contributed by atoms with Crippen molar-refractivity contribution in [2.75, 3.05) is 5.32 Å². The van der Waals surface area contributed by atoms with Gasteiger partial charge in [0.2, 0.25) is 5.91 Å². The van der Waals surface area contributed by atoms with E-state index in [1.165, 1.54) is 0 Å². The molecule has 0 radical (unpaired) electrons. The zero-order valence-corrected chi connectivity index (χ0v) is 9.12. The van der Waals surface area contributed by atoms with Gasteiger partial charge >= 0.3 is 0 Å². The molecular weight excluding hydrogens is 210 g/mol. The molecule has 0 spiro atoms. The Hall–Kier alpha value is -1.62. The van der Waals surface area contributed by atoms with Gasteiger partial charge in [-0.25, -0.2) is 0 Å². The minimum Gasteiger partial charge on any atom is -0.311 e. The summed E-state index contributed by atoms with van der Waals surface area (Å²) in [5.74, 6) is 0.706. The molecule has 0 saturated carbocycles. The largest absolute Gasteiger partial charge is 0.311 e. The molecule has 0 bridgehead atoms. The Morgan fingerprint density at radius 3 is 3.07 bits per heavy atom. The Kier molecular flexibility index (Phi) is 2.82. The lowest BCUT2D eigenvalue weighted by atomic mass is 10.3. The summed E-state index contributed by atoms with van der Waals surface area (Å²) >= 11 is 1.58. The van der Waals surface area contributed by atoms with E-state index in [0.717, 1.165) is 10.7 Å². The predicted octanol–water partition coefficient (Wildman–Crippen LogP) is 1.66. The van der Waals surface area contributed by atoms with E-state index in [1.54, 1.807) is 35.3 Å². The van der Waals surface area contributed by atoms with Crippen LogP contribution in [0.3, 0.4) is 0 Å². The van der Waals surface area contributed by atoms with Crippen LogP contribution in [-0.4, -0.2) is 15.7 Å². The van der Waals surface area contributed by atoms with E-state index in [9.17, 15) is 4.79 Å². The molecule has 5 heteroatoms. The van der Waals surface area contributed by atoms with E-state index in [0.29, 0.717) is 6.42 Å². The third kappa shape index (κ3) is 2.44. The van der Waals surface area contributed by atoms with Crippen molar-refractivity contribution < 1.29 is 4.79 Å². The van der Waals surface area contributed by atoms with Crippen LogP contribution in [-0.2, 0) is 18.3 Å². The van der Waals surface area contributed by atoms with E-state index in [2.05, 4.69) is 10.4 Å². The molecule has 15 heavy (non-hydrogen) atoms. The van der Waals surface area contributed by atoms with Crippen LogP contribution in [0.25, 0.3) is 0 Å². The summed E-state index contributed by atoms with van der Waals surface area (Å²) in [4.78, 5) is 12.6. The first kappa shape index (κ1) is 9.92. The minimum atomic E-state index is -0.0129. The molecule has 2 rings (SSSR count). The molecule has 2 aromatic rings. The van der Waals surface area contributed by atoms with Crippen molar-refractivity contribution in [1.29, 1.82) is 0 Å². The number of nitrogens with zero attached hydrogens (tertiary/aromatic N) is 2. The topological polar surface area (TPSA) is 46.9 Å². The van der Waals surface area contributed by atoms with E-state index >= 15 is 0 Å². The molecule has 2 heterocycles. The quantitative estimate of drug-likeness (QED) is 0.856. The van der Waals surface area contributed by atoms with Gasteiger partial charge in [0.15, 0.2) is 0 Å². The Labute approximate surface area is 91.5 Å². The summed E-state index contributed by atoms with van der Waals surface area (Å²) in [5, 5.41) is 8.73. The molecule has 0 aliphatic heterocycles. The highest BCUT2D eigenvalue weighted by molar-refractivity contribution is 7.10. The number of aromatic nitrogens is 2. The molecule has 0 fully saturated rings. The Morgan fingerprint density at radius 1 is 1.60 bits per heavy atom. The van der Waals surface area contributed by atoms with Gasteiger partial charge in [-0.05, 0) is 11.4 Å². The van der Waals surface area contributed by atoms with Gasteiger partial charge in [0.1, 0.15) is 5.82 Å². The summed E-state index contributed by atoms with van der Waals surface area (Å²) in [6.45, 7) is 0. The van der Waals surface area contributed by atoms with Crippen LogP contribution >= 0.6 is 11.3 Å². The first-order valence-corrected chi connectivity index (χ1v) is 5.44. The van der Waals surface area contributed by atoms with Crippen LogP contribution in [0.4, 0.5) is 5.82 Å². The fraction of sp³-hybridized carbons (Fsp3) is 0.200. The van der Waals surface area contributed by atoms with Crippen molar-refractivity contribution in [3.63, 3.8) is 0 Å². The molecule has 0 saturated heterocycles. The molecule has 0 aliphatic carbocycles. The molecule has 1 N–H and O–H groups in total. The summed E-state index contributed by atoms with van der Waals surface area (Å²) in [6.07, 6.45) is 2.07. The van der Waals surface area contributed by atoms with Crippen LogP contribution in [0.15, 0.2) is 29.8 Å². The Morgan fingerprint density at radius 2 is 2.47 bits per heavy atom. The minimum absolute atomic E-state index is 0.0129. The number of hydrogen-bond donors (Lipinski definition) is 1. The van der Waals surface area contributed by atoms with Gasteiger partial charge in [0.05, 0.1) is 12.6 Å². The maximum absolute atomic E-state index is 11.6. The van der Waals surface area contributed by atoms with Crippen LogP contribution in [0.1, 0.15) is 4.88 Å². The van der Waals surface area contributed by atoms with Gasteiger partial charge in [0.25, 0.3) is 0 Å². The van der Waals surface area contributed by atoms with Crippen LogP contribution < -0.4 is 5.32 Å². The highest BCUT2D eigenvalue weighted by Gasteiger charge is 2.06. The molecule has 4 nitrogen and oxygen atoms in total. The number of thiophene rings is 1. The lowest BCUT2D eigenvalue weighted by Gasteiger charge is -2.03. The molecular formula is C10H11N3OS. The van der Waals surface area contributed by atoms with E-state index in [1.807, 2.05) is 17.5 Å². The monoisotopic (exact) mass is 221 g/mol. The van der Waals surface area contributed by atoms with Crippen molar-refractivity contribution in [1.82, 2.24) is 9.78 Å². The number of aryl methyl sites for hydroxylation is 1. The SMILES string of the molecule is Cn1nccc1NC(=O)Cc1cccs1. The van der Waals surface area contributed by atoms with Crippen molar-refractivity contribution in [2.45, 2.75) is 6.42 Å². The lowest BCUT2D eigenvalue weighted by molar-refractivity contribution is -0.115. The second-order valence-corrected chi connectivity index (χ2v) is 4.18. The van der Waals surface area contributed by atoms with Gasteiger partial charge in [0, 0.05) is 18.0 Å². The molecule has 78 valence electrons. The van der Waals surface area contributed by atoms with Crippen molar-refractivity contribution in [2.24, 2.45) is 7.05 Å². The average molecular weight is 221 g/mol. The second-order valence-electron chi connectivity index (χ2n) is 3.14. The van der Waals surface area contributed by atoms with Gasteiger partial charge < -0.3 is 5.32 Å². The number of amides is 1. The molecule has 0 unspecified atom stereocenters. The van der Waals surface area contributed by atoms with E-state index in [-0.39, 0.29) is 5.91 Å². The zero-order chi connectivity index (χ0) is 10.7. The number of carbonyl (C=O) groups is 1. The summed E-state index contributed by atoms with van der Waals surface area (Å²) in [5.41, 5.74) is 0. The maximum Gasteiger partial charge on any atom is 0.230 e. The summed E-state index contributed by atoms with van der Waals surface area (Å²) in [7, 11) is 1.79. The number of anilines is 1. The third-order valence-electron chi connectivity index (χ3n) is 2.00. The van der Waals surface area contributed by atoms with Gasteiger partial charge in [-0.2, -0.15) is 5.10 Å². The second kappa shape index (κ2) is 4.27. The van der Waals surface area contributed by atoms with Gasteiger partial charge in [-0.1, -0.05) is 6.07 Å². The standard InChI is InChI=1S/C10H11N3OS/c1-13-9(4-5-11-13)12-10(14)7-8-3-2-6-15-8/h2-6H,7H2,1H3,(H,12,14). The van der Waals surface area contributed by atoms with Gasteiger partial charge in [-0.3, -0.25) is 9.48 Å². The predicted molar refractivity (Wildman–Crippen MR) is 59.9 cm³/mol. The highest BCUT2D eigenvalue weighted by Crippen LogP contribution is 2.10. The molecule has 1 amide bonds.